The average molecular weight is 428 g/mol. The number of nitrogens with one attached hydrogen (secondary N) is 2. The van der Waals surface area contributed by atoms with Crippen molar-refractivity contribution in [2.24, 2.45) is 13.0 Å². The minimum absolute atomic E-state index is 0.00221. The van der Waals surface area contributed by atoms with Gasteiger partial charge in [0.15, 0.2) is 0 Å². The second-order valence-corrected chi connectivity index (χ2v) is 8.73. The second-order valence-electron chi connectivity index (χ2n) is 8.73. The van der Waals surface area contributed by atoms with Crippen LogP contribution in [0.1, 0.15) is 84.0 Å². The molecule has 1 aliphatic rings. The Morgan fingerprint density at radius 1 is 1.10 bits per heavy atom. The Bertz CT molecular complexity index is 999. The molecule has 0 radical (unpaired) electrons. The van der Waals surface area contributed by atoms with Gasteiger partial charge in [-0.25, -0.2) is 0 Å². The van der Waals surface area contributed by atoms with Crippen LogP contribution in [-0.2, 0) is 13.6 Å². The van der Waals surface area contributed by atoms with Crippen molar-refractivity contribution >= 4 is 11.8 Å². The van der Waals surface area contributed by atoms with Crippen LogP contribution in [0, 0.1) is 12.8 Å². The maximum Gasteiger partial charge on any atom is 0.257 e. The number of carbonyl (C=O) groups is 2. The molecule has 0 saturated heterocycles. The topological polar surface area (TPSA) is 98.0 Å². The SMILES string of the molecule is Cc1c(CNC(=O)c2cn(C(C)C)cc(C(=O)NCC3CCCCC3)c2=O)cnn1C. The van der Waals surface area contributed by atoms with E-state index in [0.29, 0.717) is 12.5 Å². The van der Waals surface area contributed by atoms with Crippen molar-refractivity contribution in [3.63, 3.8) is 0 Å². The van der Waals surface area contributed by atoms with E-state index in [1.165, 1.54) is 25.5 Å². The van der Waals surface area contributed by atoms with Crippen molar-refractivity contribution in [1.82, 2.24) is 25.0 Å². The van der Waals surface area contributed by atoms with E-state index < -0.39 is 17.2 Å². The molecular formula is C23H33N5O3. The predicted octanol–water partition coefficient (Wildman–Crippen LogP) is 2.71. The molecule has 2 amide bonds. The van der Waals surface area contributed by atoms with Gasteiger partial charge in [-0.15, -0.1) is 0 Å². The fraction of sp³-hybridized carbons (Fsp3) is 0.565. The summed E-state index contributed by atoms with van der Waals surface area (Å²) in [6.45, 7) is 6.62. The largest absolute Gasteiger partial charge is 0.352 e. The molecule has 1 aliphatic carbocycles. The summed E-state index contributed by atoms with van der Waals surface area (Å²) in [7, 11) is 1.83. The molecule has 1 fully saturated rings. The standard InChI is InChI=1S/C23H33N5O3/c1-15(2)28-13-19(22(30)24-10-17-8-6-5-7-9-17)21(29)20(14-28)23(31)25-11-18-12-26-27(4)16(18)3/h12-15,17H,5-11H2,1-4H3,(H,24,30)(H,25,31). The van der Waals surface area contributed by atoms with Crippen LogP contribution in [-0.4, -0.2) is 32.7 Å². The molecule has 1 saturated carbocycles. The summed E-state index contributed by atoms with van der Waals surface area (Å²) in [5, 5.41) is 9.87. The summed E-state index contributed by atoms with van der Waals surface area (Å²) in [4.78, 5) is 38.7. The van der Waals surface area contributed by atoms with Crippen LogP contribution in [0.2, 0.25) is 0 Å². The number of carbonyl (C=O) groups excluding carboxylic acids is 2. The first kappa shape index (κ1) is 22.8. The van der Waals surface area contributed by atoms with Crippen LogP contribution in [0.15, 0.2) is 23.4 Å². The zero-order valence-electron chi connectivity index (χ0n) is 18.9. The van der Waals surface area contributed by atoms with Gasteiger partial charge in [-0.2, -0.15) is 5.10 Å². The highest BCUT2D eigenvalue weighted by atomic mass is 16.2. The van der Waals surface area contributed by atoms with Gasteiger partial charge < -0.3 is 15.2 Å². The monoisotopic (exact) mass is 427 g/mol. The van der Waals surface area contributed by atoms with Crippen LogP contribution in [0.25, 0.3) is 0 Å². The Balaban J connectivity index is 1.78. The molecule has 8 heteroatoms. The van der Waals surface area contributed by atoms with E-state index in [-0.39, 0.29) is 23.7 Å². The Morgan fingerprint density at radius 2 is 1.71 bits per heavy atom. The van der Waals surface area contributed by atoms with Crippen LogP contribution < -0.4 is 16.1 Å². The van der Waals surface area contributed by atoms with E-state index in [0.717, 1.165) is 24.1 Å². The first-order valence-corrected chi connectivity index (χ1v) is 11.1. The zero-order chi connectivity index (χ0) is 22.5. The minimum atomic E-state index is -0.543. The van der Waals surface area contributed by atoms with Gasteiger partial charge in [0.05, 0.1) is 6.20 Å². The lowest BCUT2D eigenvalue weighted by molar-refractivity contribution is 0.0941. The number of hydrogen-bond donors (Lipinski definition) is 2. The molecule has 2 heterocycles. The normalized spacial score (nSPS) is 14.6. The van der Waals surface area contributed by atoms with Crippen molar-refractivity contribution in [3.05, 3.63) is 51.2 Å². The first-order chi connectivity index (χ1) is 14.8. The molecule has 2 N–H and O–H groups in total. The Morgan fingerprint density at radius 3 is 2.26 bits per heavy atom. The number of rotatable bonds is 7. The van der Waals surface area contributed by atoms with E-state index in [1.54, 1.807) is 21.6 Å². The summed E-state index contributed by atoms with van der Waals surface area (Å²) in [5.41, 5.74) is 1.26. The van der Waals surface area contributed by atoms with Crippen LogP contribution in [0.5, 0.6) is 0 Å². The fourth-order valence-corrected chi connectivity index (χ4v) is 3.93. The Kier molecular flexibility index (Phi) is 7.30. The highest BCUT2D eigenvalue weighted by Crippen LogP contribution is 2.22. The summed E-state index contributed by atoms with van der Waals surface area (Å²) in [6, 6.07) is -0.00221. The van der Waals surface area contributed by atoms with Crippen molar-refractivity contribution in [2.75, 3.05) is 6.54 Å². The van der Waals surface area contributed by atoms with Gasteiger partial charge >= 0.3 is 0 Å². The third kappa shape index (κ3) is 5.42. The Hall–Kier alpha value is -2.90. The maximum absolute atomic E-state index is 13.0. The molecule has 0 aliphatic heterocycles. The first-order valence-electron chi connectivity index (χ1n) is 11.1. The van der Waals surface area contributed by atoms with Crippen molar-refractivity contribution in [1.29, 1.82) is 0 Å². The summed E-state index contributed by atoms with van der Waals surface area (Å²) in [6.07, 6.45) is 10.6. The number of hydrogen-bond acceptors (Lipinski definition) is 4. The van der Waals surface area contributed by atoms with Gasteiger partial charge in [-0.05, 0) is 39.5 Å². The lowest BCUT2D eigenvalue weighted by Crippen LogP contribution is -2.37. The summed E-state index contributed by atoms with van der Waals surface area (Å²) < 4.78 is 3.46. The van der Waals surface area contributed by atoms with Gasteiger partial charge in [0, 0.05) is 49.8 Å². The van der Waals surface area contributed by atoms with Crippen LogP contribution in [0.4, 0.5) is 0 Å². The number of pyridine rings is 1. The van der Waals surface area contributed by atoms with E-state index in [9.17, 15) is 14.4 Å². The van der Waals surface area contributed by atoms with Gasteiger partial charge in [0.25, 0.3) is 11.8 Å². The highest BCUT2D eigenvalue weighted by Gasteiger charge is 2.21. The average Bonchev–Trinajstić information content (AvgIpc) is 3.08. The van der Waals surface area contributed by atoms with E-state index in [4.69, 9.17) is 0 Å². The Labute approximate surface area is 183 Å². The van der Waals surface area contributed by atoms with E-state index in [2.05, 4.69) is 15.7 Å². The van der Waals surface area contributed by atoms with E-state index >= 15 is 0 Å². The highest BCUT2D eigenvalue weighted by molar-refractivity contribution is 5.99. The molecule has 2 aromatic rings. The second kappa shape index (κ2) is 9.94. The molecule has 168 valence electrons. The molecule has 0 aromatic carbocycles. The van der Waals surface area contributed by atoms with Crippen molar-refractivity contribution in [3.8, 4) is 0 Å². The van der Waals surface area contributed by atoms with Crippen molar-refractivity contribution in [2.45, 2.75) is 65.5 Å². The van der Waals surface area contributed by atoms with Gasteiger partial charge in [-0.3, -0.25) is 19.1 Å². The number of nitrogens with zero attached hydrogens (tertiary/aromatic N) is 3. The third-order valence-corrected chi connectivity index (χ3v) is 6.18. The summed E-state index contributed by atoms with van der Waals surface area (Å²) >= 11 is 0. The fourth-order valence-electron chi connectivity index (χ4n) is 3.93. The molecular weight excluding hydrogens is 394 g/mol. The minimum Gasteiger partial charge on any atom is -0.352 e. The molecule has 2 aromatic heterocycles. The van der Waals surface area contributed by atoms with Gasteiger partial charge in [-0.1, -0.05) is 19.3 Å². The number of aromatic nitrogens is 3. The lowest BCUT2D eigenvalue weighted by Gasteiger charge is -2.22. The predicted molar refractivity (Wildman–Crippen MR) is 119 cm³/mol. The third-order valence-electron chi connectivity index (χ3n) is 6.18. The molecule has 3 rings (SSSR count). The van der Waals surface area contributed by atoms with Crippen LogP contribution in [0.3, 0.4) is 0 Å². The quantitative estimate of drug-likeness (QED) is 0.710. The zero-order valence-corrected chi connectivity index (χ0v) is 18.9. The molecule has 0 bridgehead atoms. The van der Waals surface area contributed by atoms with Gasteiger partial charge in [0.2, 0.25) is 5.43 Å². The van der Waals surface area contributed by atoms with E-state index in [1.807, 2.05) is 27.8 Å². The number of amides is 2. The lowest BCUT2D eigenvalue weighted by atomic mass is 9.89. The molecule has 0 spiro atoms. The number of aryl methyl sites for hydroxylation is 1. The molecule has 8 nitrogen and oxygen atoms in total. The van der Waals surface area contributed by atoms with Gasteiger partial charge in [0.1, 0.15) is 11.1 Å². The maximum atomic E-state index is 13.0. The van der Waals surface area contributed by atoms with Crippen LogP contribution >= 0.6 is 0 Å². The molecule has 0 atom stereocenters. The smallest absolute Gasteiger partial charge is 0.257 e. The summed E-state index contributed by atoms with van der Waals surface area (Å²) in [5.74, 6) is -0.452. The molecule has 0 unspecified atom stereocenters. The van der Waals surface area contributed by atoms with Crippen molar-refractivity contribution < 1.29 is 9.59 Å². The molecule has 31 heavy (non-hydrogen) atoms.